The van der Waals surface area contributed by atoms with Crippen molar-refractivity contribution in [1.82, 2.24) is 5.32 Å². The predicted octanol–water partition coefficient (Wildman–Crippen LogP) is 4.94. The molecule has 2 aromatic rings. The number of amides is 1. The minimum atomic E-state index is -4.23. The minimum Gasteiger partial charge on any atom is -0.451 e. The molecule has 134 valence electrons. The number of hydrogen-bond donors (Lipinski definition) is 1. The van der Waals surface area contributed by atoms with Crippen LogP contribution in [-0.4, -0.2) is 18.1 Å². The Kier molecular flexibility index (Phi) is 4.83. The highest BCUT2D eigenvalue weighted by Gasteiger charge is 2.42. The van der Waals surface area contributed by atoms with Crippen LogP contribution in [-0.2, 0) is 0 Å². The highest BCUT2D eigenvalue weighted by Crippen LogP contribution is 2.37. The van der Waals surface area contributed by atoms with Gasteiger partial charge in [-0.1, -0.05) is 6.42 Å². The number of hydrogen-bond acceptors (Lipinski definition) is 2. The fourth-order valence-electron chi connectivity index (χ4n) is 3.10. The molecule has 1 aliphatic carbocycles. The topological polar surface area (TPSA) is 42.2 Å². The number of carbonyl (C=O) groups excluding carboxylic acids is 1. The second-order valence-electron chi connectivity index (χ2n) is 6.25. The van der Waals surface area contributed by atoms with Crippen molar-refractivity contribution in [3.8, 4) is 11.3 Å². The molecule has 1 aliphatic rings. The van der Waals surface area contributed by atoms with E-state index >= 15 is 0 Å². The van der Waals surface area contributed by atoms with Gasteiger partial charge in [-0.15, -0.1) is 0 Å². The van der Waals surface area contributed by atoms with E-state index in [9.17, 15) is 22.4 Å². The normalized spacial score (nSPS) is 21.1. The molecule has 1 heterocycles. The van der Waals surface area contributed by atoms with Crippen LogP contribution in [0.1, 0.15) is 36.2 Å². The molecule has 0 aliphatic heterocycles. The second kappa shape index (κ2) is 6.90. The molecule has 2 atom stereocenters. The van der Waals surface area contributed by atoms with Gasteiger partial charge < -0.3 is 9.73 Å². The Morgan fingerprint density at radius 2 is 1.80 bits per heavy atom. The monoisotopic (exact) mass is 355 g/mol. The van der Waals surface area contributed by atoms with Gasteiger partial charge in [-0.05, 0) is 55.7 Å². The molecule has 1 N–H and O–H groups in total. The van der Waals surface area contributed by atoms with Gasteiger partial charge in [0, 0.05) is 11.6 Å². The lowest BCUT2D eigenvalue weighted by Crippen LogP contribution is -2.41. The van der Waals surface area contributed by atoms with E-state index in [0.29, 0.717) is 24.2 Å². The summed E-state index contributed by atoms with van der Waals surface area (Å²) in [6, 6.07) is 8.09. The Labute approximate surface area is 142 Å². The molecule has 1 aromatic carbocycles. The van der Waals surface area contributed by atoms with Gasteiger partial charge in [0.2, 0.25) is 0 Å². The van der Waals surface area contributed by atoms with Crippen molar-refractivity contribution in [2.75, 3.05) is 0 Å². The Morgan fingerprint density at radius 3 is 2.48 bits per heavy atom. The highest BCUT2D eigenvalue weighted by molar-refractivity contribution is 5.92. The SMILES string of the molecule is O=C(NC1CCCC(C(F)(F)F)C1)c1ccc(-c2ccc(F)cc2)o1. The van der Waals surface area contributed by atoms with E-state index in [1.807, 2.05) is 0 Å². The molecule has 0 spiro atoms. The maximum absolute atomic E-state index is 12.9. The van der Waals surface area contributed by atoms with Crippen LogP contribution in [0, 0.1) is 11.7 Å². The standard InChI is InChI=1S/C18H17F4NO2/c19-13-6-4-11(5-7-13)15-8-9-16(25-15)17(24)23-14-3-1-2-12(10-14)18(20,21)22/h4-9,12,14H,1-3,10H2,(H,23,24). The van der Waals surface area contributed by atoms with E-state index in [2.05, 4.69) is 5.32 Å². The summed E-state index contributed by atoms with van der Waals surface area (Å²) in [5, 5.41) is 2.62. The molecule has 1 amide bonds. The van der Waals surface area contributed by atoms with E-state index < -0.39 is 24.0 Å². The summed E-state index contributed by atoms with van der Waals surface area (Å²) < 4.78 is 56.9. The Morgan fingerprint density at radius 1 is 1.08 bits per heavy atom. The van der Waals surface area contributed by atoms with Gasteiger partial charge in [0.15, 0.2) is 5.76 Å². The molecule has 0 radical (unpaired) electrons. The zero-order valence-corrected chi connectivity index (χ0v) is 13.3. The molecule has 3 nitrogen and oxygen atoms in total. The number of rotatable bonds is 3. The van der Waals surface area contributed by atoms with E-state index in [4.69, 9.17) is 4.42 Å². The van der Waals surface area contributed by atoms with Crippen molar-refractivity contribution in [3.05, 3.63) is 48.0 Å². The van der Waals surface area contributed by atoms with Crippen molar-refractivity contribution in [1.29, 1.82) is 0 Å². The van der Waals surface area contributed by atoms with Gasteiger partial charge in [0.1, 0.15) is 11.6 Å². The number of halogens is 4. The average Bonchev–Trinajstić information content (AvgIpc) is 3.05. The van der Waals surface area contributed by atoms with E-state index in [0.717, 1.165) is 0 Å². The quantitative estimate of drug-likeness (QED) is 0.793. The summed E-state index contributed by atoms with van der Waals surface area (Å²) >= 11 is 0. The van der Waals surface area contributed by atoms with Crippen molar-refractivity contribution < 1.29 is 26.8 Å². The molecular formula is C18H17F4NO2. The molecule has 1 fully saturated rings. The first-order chi connectivity index (χ1) is 11.8. The van der Waals surface area contributed by atoms with E-state index in [1.54, 1.807) is 6.07 Å². The average molecular weight is 355 g/mol. The third kappa shape index (κ3) is 4.21. The molecule has 25 heavy (non-hydrogen) atoms. The van der Waals surface area contributed by atoms with Crippen LogP contribution in [0.3, 0.4) is 0 Å². The molecule has 3 rings (SSSR count). The van der Waals surface area contributed by atoms with Crippen LogP contribution in [0.5, 0.6) is 0 Å². The predicted molar refractivity (Wildman–Crippen MR) is 83.4 cm³/mol. The number of nitrogens with one attached hydrogen (secondary N) is 1. The zero-order valence-electron chi connectivity index (χ0n) is 13.3. The fourth-order valence-corrected chi connectivity index (χ4v) is 3.10. The minimum absolute atomic E-state index is 0.0217. The lowest BCUT2D eigenvalue weighted by Gasteiger charge is -2.30. The number of benzene rings is 1. The van der Waals surface area contributed by atoms with E-state index in [1.165, 1.54) is 30.3 Å². The first-order valence-corrected chi connectivity index (χ1v) is 8.06. The number of furan rings is 1. The third-order valence-corrected chi connectivity index (χ3v) is 4.43. The van der Waals surface area contributed by atoms with Crippen molar-refractivity contribution in [2.45, 2.75) is 37.9 Å². The fraction of sp³-hybridized carbons (Fsp3) is 0.389. The molecule has 7 heteroatoms. The first kappa shape index (κ1) is 17.5. The van der Waals surface area contributed by atoms with Crippen LogP contribution in [0.4, 0.5) is 17.6 Å². The summed E-state index contributed by atoms with van der Waals surface area (Å²) in [6.45, 7) is 0. The van der Waals surface area contributed by atoms with Crippen molar-refractivity contribution >= 4 is 5.91 Å². The smallest absolute Gasteiger partial charge is 0.391 e. The summed E-state index contributed by atoms with van der Waals surface area (Å²) in [4.78, 5) is 12.2. The molecular weight excluding hydrogens is 338 g/mol. The van der Waals surface area contributed by atoms with Gasteiger partial charge in [0.05, 0.1) is 5.92 Å². The van der Waals surface area contributed by atoms with Gasteiger partial charge in [-0.3, -0.25) is 4.79 Å². The molecule has 1 aromatic heterocycles. The third-order valence-electron chi connectivity index (χ3n) is 4.43. The summed E-state index contributed by atoms with van der Waals surface area (Å²) in [7, 11) is 0. The van der Waals surface area contributed by atoms with E-state index in [-0.39, 0.29) is 24.4 Å². The van der Waals surface area contributed by atoms with Crippen LogP contribution in [0.25, 0.3) is 11.3 Å². The molecule has 1 saturated carbocycles. The summed E-state index contributed by atoms with van der Waals surface area (Å²) in [5.74, 6) is -1.89. The van der Waals surface area contributed by atoms with Gasteiger partial charge >= 0.3 is 6.18 Å². The van der Waals surface area contributed by atoms with Gasteiger partial charge in [-0.25, -0.2) is 4.39 Å². The molecule has 0 bridgehead atoms. The van der Waals surface area contributed by atoms with Crippen LogP contribution < -0.4 is 5.32 Å². The number of alkyl halides is 3. The summed E-state index contributed by atoms with van der Waals surface area (Å²) in [5.41, 5.74) is 0.607. The largest absolute Gasteiger partial charge is 0.451 e. The van der Waals surface area contributed by atoms with Gasteiger partial charge in [-0.2, -0.15) is 13.2 Å². The Hall–Kier alpha value is -2.31. The van der Waals surface area contributed by atoms with Crippen molar-refractivity contribution in [3.63, 3.8) is 0 Å². The van der Waals surface area contributed by atoms with Crippen molar-refractivity contribution in [2.24, 2.45) is 5.92 Å². The molecule has 2 unspecified atom stereocenters. The zero-order chi connectivity index (χ0) is 18.0. The maximum atomic E-state index is 12.9. The van der Waals surface area contributed by atoms with Gasteiger partial charge in [0.25, 0.3) is 5.91 Å². The maximum Gasteiger partial charge on any atom is 0.391 e. The van der Waals surface area contributed by atoms with Crippen LogP contribution in [0.15, 0.2) is 40.8 Å². The summed E-state index contributed by atoms with van der Waals surface area (Å²) in [6.07, 6.45) is -3.30. The van der Waals surface area contributed by atoms with Crippen LogP contribution in [0.2, 0.25) is 0 Å². The Bertz CT molecular complexity index is 736. The second-order valence-corrected chi connectivity index (χ2v) is 6.25. The number of carbonyl (C=O) groups is 1. The molecule has 0 saturated heterocycles. The highest BCUT2D eigenvalue weighted by atomic mass is 19.4. The lowest BCUT2D eigenvalue weighted by molar-refractivity contribution is -0.183. The lowest BCUT2D eigenvalue weighted by atomic mass is 9.85. The Balaban J connectivity index is 1.65. The first-order valence-electron chi connectivity index (χ1n) is 8.06. The van der Waals surface area contributed by atoms with Crippen LogP contribution >= 0.6 is 0 Å².